The Kier molecular flexibility index (Phi) is 2.69. The van der Waals surface area contributed by atoms with E-state index in [-0.39, 0.29) is 0 Å². The fourth-order valence-corrected chi connectivity index (χ4v) is 1.46. The molecule has 1 aromatic carbocycles. The zero-order chi connectivity index (χ0) is 10.7. The van der Waals surface area contributed by atoms with E-state index in [2.05, 4.69) is 5.10 Å². The van der Waals surface area contributed by atoms with Crippen molar-refractivity contribution in [3.05, 3.63) is 42.2 Å². The third kappa shape index (κ3) is 1.85. The van der Waals surface area contributed by atoms with Crippen LogP contribution in [-0.4, -0.2) is 16.9 Å². The maximum atomic E-state index is 5.61. The number of nitrogens with two attached hydrogens (primary N) is 1. The van der Waals surface area contributed by atoms with Crippen LogP contribution in [0.3, 0.4) is 0 Å². The first kappa shape index (κ1) is 9.73. The second kappa shape index (κ2) is 4.14. The van der Waals surface area contributed by atoms with Gasteiger partial charge in [-0.25, -0.2) is 4.68 Å². The zero-order valence-electron chi connectivity index (χ0n) is 8.55. The van der Waals surface area contributed by atoms with Crippen LogP contribution < -0.4 is 10.5 Å². The Morgan fingerprint density at radius 3 is 3.00 bits per heavy atom. The number of aromatic nitrogens is 2. The molecule has 0 saturated heterocycles. The van der Waals surface area contributed by atoms with Crippen molar-refractivity contribution < 1.29 is 4.74 Å². The number of hydrogen-bond acceptors (Lipinski definition) is 3. The summed E-state index contributed by atoms with van der Waals surface area (Å²) >= 11 is 0. The monoisotopic (exact) mass is 203 g/mol. The quantitative estimate of drug-likeness (QED) is 0.819. The minimum atomic E-state index is 0.469. The van der Waals surface area contributed by atoms with Crippen LogP contribution in [0.15, 0.2) is 36.5 Å². The second-order valence-corrected chi connectivity index (χ2v) is 3.14. The van der Waals surface area contributed by atoms with Crippen LogP contribution in [0, 0.1) is 0 Å². The molecule has 4 nitrogen and oxygen atoms in total. The third-order valence-corrected chi connectivity index (χ3v) is 2.23. The van der Waals surface area contributed by atoms with Gasteiger partial charge in [0.15, 0.2) is 0 Å². The number of benzene rings is 1. The Hall–Kier alpha value is -1.81. The van der Waals surface area contributed by atoms with E-state index in [1.165, 1.54) is 0 Å². The molecule has 15 heavy (non-hydrogen) atoms. The first-order chi connectivity index (χ1) is 7.35. The summed E-state index contributed by atoms with van der Waals surface area (Å²) in [7, 11) is 1.64. The molecule has 4 heteroatoms. The van der Waals surface area contributed by atoms with Crippen molar-refractivity contribution in [2.24, 2.45) is 5.73 Å². The molecule has 0 atom stereocenters. The number of methoxy groups -OCH3 is 1. The summed E-state index contributed by atoms with van der Waals surface area (Å²) in [6, 6.07) is 9.62. The van der Waals surface area contributed by atoms with Crippen molar-refractivity contribution >= 4 is 0 Å². The molecule has 1 aromatic heterocycles. The van der Waals surface area contributed by atoms with Gasteiger partial charge in [-0.2, -0.15) is 5.10 Å². The molecular weight excluding hydrogens is 190 g/mol. The largest absolute Gasteiger partial charge is 0.497 e. The van der Waals surface area contributed by atoms with Crippen LogP contribution in [0.4, 0.5) is 0 Å². The minimum Gasteiger partial charge on any atom is -0.497 e. The molecule has 0 amide bonds. The molecule has 0 spiro atoms. The standard InChI is InChI=1S/C11H13N3O/c1-15-11-4-2-3-9(7-11)14-10(8-12)5-6-13-14/h2-7H,8,12H2,1H3. The Labute approximate surface area is 88.3 Å². The molecular formula is C11H13N3O. The highest BCUT2D eigenvalue weighted by molar-refractivity contribution is 5.39. The SMILES string of the molecule is COc1cccc(-n2nccc2CN)c1. The van der Waals surface area contributed by atoms with Gasteiger partial charge in [-0.05, 0) is 18.2 Å². The molecule has 2 aromatic rings. The smallest absolute Gasteiger partial charge is 0.121 e. The van der Waals surface area contributed by atoms with Gasteiger partial charge >= 0.3 is 0 Å². The summed E-state index contributed by atoms with van der Waals surface area (Å²) in [4.78, 5) is 0. The Balaban J connectivity index is 2.44. The predicted molar refractivity (Wildman–Crippen MR) is 58.0 cm³/mol. The van der Waals surface area contributed by atoms with Gasteiger partial charge in [0.25, 0.3) is 0 Å². The lowest BCUT2D eigenvalue weighted by Crippen LogP contribution is -2.06. The fraction of sp³-hybridized carbons (Fsp3) is 0.182. The van der Waals surface area contributed by atoms with E-state index in [4.69, 9.17) is 10.5 Å². The lowest BCUT2D eigenvalue weighted by atomic mass is 10.3. The molecule has 0 aliphatic carbocycles. The maximum Gasteiger partial charge on any atom is 0.121 e. The second-order valence-electron chi connectivity index (χ2n) is 3.14. The van der Waals surface area contributed by atoms with Crippen molar-refractivity contribution in [2.75, 3.05) is 7.11 Å². The van der Waals surface area contributed by atoms with Gasteiger partial charge in [0.1, 0.15) is 5.75 Å². The molecule has 0 radical (unpaired) electrons. The normalized spacial score (nSPS) is 10.3. The first-order valence-electron chi connectivity index (χ1n) is 4.72. The molecule has 0 bridgehead atoms. The molecule has 0 unspecified atom stereocenters. The summed E-state index contributed by atoms with van der Waals surface area (Å²) < 4.78 is 6.96. The highest BCUT2D eigenvalue weighted by Gasteiger charge is 2.03. The van der Waals surface area contributed by atoms with Gasteiger partial charge < -0.3 is 10.5 Å². The number of ether oxygens (including phenoxy) is 1. The lowest BCUT2D eigenvalue weighted by Gasteiger charge is -2.07. The molecule has 2 rings (SSSR count). The van der Waals surface area contributed by atoms with Crippen molar-refractivity contribution in [3.8, 4) is 11.4 Å². The van der Waals surface area contributed by atoms with E-state index in [1.54, 1.807) is 13.3 Å². The van der Waals surface area contributed by atoms with E-state index < -0.39 is 0 Å². The lowest BCUT2D eigenvalue weighted by molar-refractivity contribution is 0.414. The Morgan fingerprint density at radius 1 is 1.40 bits per heavy atom. The molecule has 0 aliphatic heterocycles. The third-order valence-electron chi connectivity index (χ3n) is 2.23. The fourth-order valence-electron chi connectivity index (χ4n) is 1.46. The summed E-state index contributed by atoms with van der Waals surface area (Å²) in [5, 5.41) is 4.21. The van der Waals surface area contributed by atoms with Gasteiger partial charge in [0, 0.05) is 18.8 Å². The summed E-state index contributed by atoms with van der Waals surface area (Å²) in [5.74, 6) is 0.811. The van der Waals surface area contributed by atoms with Crippen LogP contribution in [-0.2, 0) is 6.54 Å². The first-order valence-corrected chi connectivity index (χ1v) is 4.72. The van der Waals surface area contributed by atoms with Crippen molar-refractivity contribution in [1.29, 1.82) is 0 Å². The zero-order valence-corrected chi connectivity index (χ0v) is 8.55. The van der Waals surface area contributed by atoms with E-state index in [0.29, 0.717) is 6.54 Å². The van der Waals surface area contributed by atoms with Gasteiger partial charge in [-0.1, -0.05) is 6.07 Å². The maximum absolute atomic E-state index is 5.61. The Morgan fingerprint density at radius 2 is 2.27 bits per heavy atom. The van der Waals surface area contributed by atoms with E-state index in [0.717, 1.165) is 17.1 Å². The van der Waals surface area contributed by atoms with Crippen molar-refractivity contribution in [3.63, 3.8) is 0 Å². The van der Waals surface area contributed by atoms with E-state index in [1.807, 2.05) is 35.0 Å². The van der Waals surface area contributed by atoms with Gasteiger partial charge in [-0.15, -0.1) is 0 Å². The van der Waals surface area contributed by atoms with Crippen molar-refractivity contribution in [1.82, 2.24) is 9.78 Å². The van der Waals surface area contributed by atoms with Crippen LogP contribution in [0.2, 0.25) is 0 Å². The number of nitrogens with zero attached hydrogens (tertiary/aromatic N) is 2. The average Bonchev–Trinajstić information content (AvgIpc) is 2.77. The average molecular weight is 203 g/mol. The molecule has 0 fully saturated rings. The molecule has 0 saturated carbocycles. The molecule has 2 N–H and O–H groups in total. The predicted octanol–water partition coefficient (Wildman–Crippen LogP) is 1.34. The van der Waals surface area contributed by atoms with Crippen LogP contribution >= 0.6 is 0 Å². The van der Waals surface area contributed by atoms with Gasteiger partial charge in [-0.3, -0.25) is 0 Å². The van der Waals surface area contributed by atoms with E-state index >= 15 is 0 Å². The highest BCUT2D eigenvalue weighted by atomic mass is 16.5. The van der Waals surface area contributed by atoms with Gasteiger partial charge in [0.2, 0.25) is 0 Å². The van der Waals surface area contributed by atoms with Crippen LogP contribution in [0.1, 0.15) is 5.69 Å². The summed E-state index contributed by atoms with van der Waals surface area (Å²) in [6.07, 6.45) is 1.74. The topological polar surface area (TPSA) is 53.1 Å². The highest BCUT2D eigenvalue weighted by Crippen LogP contribution is 2.16. The Bertz CT molecular complexity index is 451. The van der Waals surface area contributed by atoms with E-state index in [9.17, 15) is 0 Å². The molecule has 0 aliphatic rings. The van der Waals surface area contributed by atoms with Gasteiger partial charge in [0.05, 0.1) is 18.5 Å². The number of hydrogen-bond donors (Lipinski definition) is 1. The number of rotatable bonds is 3. The van der Waals surface area contributed by atoms with Crippen LogP contribution in [0.5, 0.6) is 5.75 Å². The van der Waals surface area contributed by atoms with Crippen molar-refractivity contribution in [2.45, 2.75) is 6.54 Å². The van der Waals surface area contributed by atoms with Crippen LogP contribution in [0.25, 0.3) is 5.69 Å². The summed E-state index contributed by atoms with van der Waals surface area (Å²) in [5.41, 5.74) is 7.54. The molecule has 1 heterocycles. The molecule has 78 valence electrons. The minimum absolute atomic E-state index is 0.469. The summed E-state index contributed by atoms with van der Waals surface area (Å²) in [6.45, 7) is 0.469.